The molecular weight excluding hydrogens is 204 g/mol. The molecule has 0 atom stereocenters. The van der Waals surface area contributed by atoms with Crippen LogP contribution in [0.25, 0.3) is 0 Å². The van der Waals surface area contributed by atoms with Crippen LogP contribution in [0, 0.1) is 0 Å². The van der Waals surface area contributed by atoms with Crippen molar-refractivity contribution < 1.29 is 13.3 Å². The highest BCUT2D eigenvalue weighted by Gasteiger charge is 2.49. The third-order valence-corrected chi connectivity index (χ3v) is 2.36. The highest BCUT2D eigenvalue weighted by molar-refractivity contribution is 5.14. The van der Waals surface area contributed by atoms with Gasteiger partial charge in [-0.2, -0.15) is 4.98 Å². The van der Waals surface area contributed by atoms with Crippen LogP contribution in [-0.4, -0.2) is 16.2 Å². The average Bonchev–Trinajstić information content (AvgIpc) is 2.75. The van der Waals surface area contributed by atoms with Crippen LogP contribution in [0.4, 0.5) is 8.78 Å². The largest absolute Gasteiger partial charge is 0.337 e. The van der Waals surface area contributed by atoms with Crippen LogP contribution in [0.1, 0.15) is 44.8 Å². The third-order valence-electron chi connectivity index (χ3n) is 2.36. The predicted molar refractivity (Wildman–Crippen MR) is 48.4 cm³/mol. The van der Waals surface area contributed by atoms with Gasteiger partial charge >= 0.3 is 6.43 Å². The fourth-order valence-corrected chi connectivity index (χ4v) is 1.62. The normalized spacial score (nSPS) is 18.8. The summed E-state index contributed by atoms with van der Waals surface area (Å²) >= 11 is 0. The van der Waals surface area contributed by atoms with Crippen molar-refractivity contribution in [1.82, 2.24) is 15.5 Å². The lowest BCUT2D eigenvalue weighted by molar-refractivity contribution is 0.136. The number of hydrogen-bond donors (Lipinski definition) is 1. The van der Waals surface area contributed by atoms with E-state index >= 15 is 0 Å². The summed E-state index contributed by atoms with van der Waals surface area (Å²) < 4.78 is 29.3. The van der Waals surface area contributed by atoms with Gasteiger partial charge in [-0.25, -0.2) is 8.78 Å². The number of alkyl halides is 2. The minimum absolute atomic E-state index is 0.259. The molecule has 1 aromatic rings. The fourth-order valence-electron chi connectivity index (χ4n) is 1.62. The first kappa shape index (κ1) is 10.5. The van der Waals surface area contributed by atoms with Crippen molar-refractivity contribution in [3.05, 3.63) is 11.7 Å². The Labute approximate surface area is 86.0 Å². The molecule has 2 rings (SSSR count). The Morgan fingerprint density at radius 1 is 1.40 bits per heavy atom. The molecule has 1 aliphatic carbocycles. The first-order chi connectivity index (χ1) is 7.03. The second-order valence-electron chi connectivity index (χ2n) is 4.14. The Hall–Kier alpha value is -1.04. The third kappa shape index (κ3) is 1.99. The first-order valence-corrected chi connectivity index (χ1v) is 4.93. The van der Waals surface area contributed by atoms with E-state index in [1.165, 1.54) is 0 Å². The smallest absolute Gasteiger partial charge is 0.300 e. The van der Waals surface area contributed by atoms with Crippen LogP contribution in [-0.2, 0) is 5.54 Å². The average molecular weight is 217 g/mol. The molecule has 0 aliphatic heterocycles. The summed E-state index contributed by atoms with van der Waals surface area (Å²) in [6, 6.07) is 0.259. The summed E-state index contributed by atoms with van der Waals surface area (Å²) in [4.78, 5) is 3.71. The van der Waals surface area contributed by atoms with Crippen molar-refractivity contribution >= 4 is 0 Å². The number of rotatable bonds is 4. The quantitative estimate of drug-likeness (QED) is 0.838. The maximum Gasteiger partial charge on any atom is 0.300 e. The molecule has 0 spiro atoms. The molecule has 0 saturated heterocycles. The van der Waals surface area contributed by atoms with Crippen molar-refractivity contribution in [3.8, 4) is 0 Å². The van der Waals surface area contributed by atoms with Gasteiger partial charge in [-0.15, -0.1) is 0 Å². The number of aromatic nitrogens is 2. The van der Waals surface area contributed by atoms with E-state index in [9.17, 15) is 8.78 Å². The molecule has 1 saturated carbocycles. The van der Waals surface area contributed by atoms with Crippen LogP contribution < -0.4 is 5.32 Å². The predicted octanol–water partition coefficient (Wildman–Crippen LogP) is 1.99. The van der Waals surface area contributed by atoms with E-state index in [4.69, 9.17) is 4.52 Å². The van der Waals surface area contributed by atoms with Crippen LogP contribution in [0.2, 0.25) is 0 Å². The lowest BCUT2D eigenvalue weighted by Crippen LogP contribution is -2.35. The van der Waals surface area contributed by atoms with Gasteiger partial charge in [0.1, 0.15) is 0 Å². The molecule has 1 heterocycles. The summed E-state index contributed by atoms with van der Waals surface area (Å²) in [6.07, 6.45) is -0.955. The maximum atomic E-state index is 12.2. The molecule has 0 aromatic carbocycles. The van der Waals surface area contributed by atoms with E-state index in [-0.39, 0.29) is 17.5 Å². The van der Waals surface area contributed by atoms with Crippen molar-refractivity contribution in [2.45, 2.75) is 44.7 Å². The van der Waals surface area contributed by atoms with Gasteiger partial charge in [0.15, 0.2) is 0 Å². The van der Waals surface area contributed by atoms with E-state index in [1.54, 1.807) is 0 Å². The van der Waals surface area contributed by atoms with E-state index in [0.717, 1.165) is 12.8 Å². The number of halogens is 2. The van der Waals surface area contributed by atoms with Crippen LogP contribution in [0.3, 0.4) is 0 Å². The van der Waals surface area contributed by atoms with Gasteiger partial charge in [-0.3, -0.25) is 0 Å². The lowest BCUT2D eigenvalue weighted by Gasteiger charge is -2.15. The van der Waals surface area contributed by atoms with Crippen LogP contribution in [0.15, 0.2) is 4.52 Å². The zero-order valence-corrected chi connectivity index (χ0v) is 8.63. The molecule has 0 bridgehead atoms. The highest BCUT2D eigenvalue weighted by atomic mass is 19.3. The minimum atomic E-state index is -2.67. The molecule has 84 valence electrons. The molecule has 1 fully saturated rings. The SMILES string of the molecule is CC(C)NC1(c2nc(C(F)F)no2)CC1. The van der Waals surface area contributed by atoms with Gasteiger partial charge in [0.2, 0.25) is 11.7 Å². The van der Waals surface area contributed by atoms with Crippen LogP contribution >= 0.6 is 0 Å². The zero-order valence-electron chi connectivity index (χ0n) is 8.63. The fraction of sp³-hybridized carbons (Fsp3) is 0.778. The van der Waals surface area contributed by atoms with E-state index < -0.39 is 12.2 Å². The van der Waals surface area contributed by atoms with Crippen molar-refractivity contribution in [2.75, 3.05) is 0 Å². The number of nitrogens with one attached hydrogen (secondary N) is 1. The molecule has 15 heavy (non-hydrogen) atoms. The summed E-state index contributed by atoms with van der Waals surface area (Å²) in [7, 11) is 0. The molecule has 0 unspecified atom stereocenters. The summed E-state index contributed by atoms with van der Waals surface area (Å²) in [5.41, 5.74) is -0.353. The molecule has 0 amide bonds. The van der Waals surface area contributed by atoms with E-state index in [2.05, 4.69) is 15.5 Å². The van der Waals surface area contributed by atoms with Gasteiger partial charge in [-0.05, 0) is 26.7 Å². The molecule has 1 aromatic heterocycles. The van der Waals surface area contributed by atoms with Gasteiger partial charge in [0.05, 0.1) is 5.54 Å². The Bertz CT molecular complexity index is 347. The summed E-state index contributed by atoms with van der Waals surface area (Å²) in [5.74, 6) is -0.242. The Balaban J connectivity index is 2.15. The molecule has 6 heteroatoms. The maximum absolute atomic E-state index is 12.2. The lowest BCUT2D eigenvalue weighted by atomic mass is 10.2. The Morgan fingerprint density at radius 3 is 2.47 bits per heavy atom. The minimum Gasteiger partial charge on any atom is -0.337 e. The standard InChI is InChI=1S/C9H13F2N3O/c1-5(2)13-9(3-4-9)8-12-7(6(10)11)14-15-8/h5-6,13H,3-4H2,1-2H3. The molecule has 0 radical (unpaired) electrons. The van der Waals surface area contributed by atoms with Crippen molar-refractivity contribution in [2.24, 2.45) is 0 Å². The van der Waals surface area contributed by atoms with Crippen molar-refractivity contribution in [1.29, 1.82) is 0 Å². The van der Waals surface area contributed by atoms with E-state index in [0.29, 0.717) is 0 Å². The van der Waals surface area contributed by atoms with Gasteiger partial charge in [-0.1, -0.05) is 5.16 Å². The molecule has 1 N–H and O–H groups in total. The number of hydrogen-bond acceptors (Lipinski definition) is 4. The Morgan fingerprint density at radius 2 is 2.07 bits per heavy atom. The first-order valence-electron chi connectivity index (χ1n) is 4.93. The van der Waals surface area contributed by atoms with Crippen molar-refractivity contribution in [3.63, 3.8) is 0 Å². The molecule has 4 nitrogen and oxygen atoms in total. The monoisotopic (exact) mass is 217 g/mol. The van der Waals surface area contributed by atoms with E-state index in [1.807, 2.05) is 13.8 Å². The van der Waals surface area contributed by atoms with Crippen LogP contribution in [0.5, 0.6) is 0 Å². The molecular formula is C9H13F2N3O. The summed E-state index contributed by atoms with van der Waals surface area (Å²) in [6.45, 7) is 3.98. The van der Waals surface area contributed by atoms with Gasteiger partial charge < -0.3 is 9.84 Å². The molecule has 1 aliphatic rings. The number of nitrogens with zero attached hydrogens (tertiary/aromatic N) is 2. The van der Waals surface area contributed by atoms with Gasteiger partial charge in [0, 0.05) is 6.04 Å². The summed E-state index contributed by atoms with van der Waals surface area (Å²) in [5, 5.41) is 6.51. The second-order valence-corrected chi connectivity index (χ2v) is 4.14. The zero-order chi connectivity index (χ0) is 11.1. The topological polar surface area (TPSA) is 51.0 Å². The highest BCUT2D eigenvalue weighted by Crippen LogP contribution is 2.45. The second kappa shape index (κ2) is 3.52. The Kier molecular flexibility index (Phi) is 2.46. The van der Waals surface area contributed by atoms with Gasteiger partial charge in [0.25, 0.3) is 0 Å².